The average Bonchev–Trinajstić information content (AvgIpc) is 1.56. The van der Waals surface area contributed by atoms with Crippen molar-refractivity contribution >= 4 is 50.9 Å². The fourth-order valence-electron chi connectivity index (χ4n) is 18.4. The molecule has 0 bridgehead atoms. The van der Waals surface area contributed by atoms with Gasteiger partial charge in [0.1, 0.15) is 0 Å². The third-order valence-electron chi connectivity index (χ3n) is 23.9. The average molecular weight is 1390 g/mol. The van der Waals surface area contributed by atoms with E-state index < -0.39 is 22.2 Å². The van der Waals surface area contributed by atoms with Gasteiger partial charge in [0.2, 0.25) is 0 Å². The van der Waals surface area contributed by atoms with Gasteiger partial charge < -0.3 is 0 Å². The van der Waals surface area contributed by atoms with Crippen LogP contribution in [0, 0.1) is 47.3 Å². The Morgan fingerprint density at radius 2 is 0.663 bits per heavy atom. The van der Waals surface area contributed by atoms with Crippen LogP contribution in [0.4, 0.5) is 0 Å². The van der Waals surface area contributed by atoms with E-state index in [-0.39, 0.29) is 57.0 Å². The zero-order valence-corrected chi connectivity index (χ0v) is 63.6. The lowest BCUT2D eigenvalue weighted by Gasteiger charge is -2.43. The fourth-order valence-corrected chi connectivity index (χ4v) is 18.4. The lowest BCUT2D eigenvalue weighted by molar-refractivity contribution is -0.138. The molecular weight excluding hydrogens is 1250 g/mol. The van der Waals surface area contributed by atoms with Crippen LogP contribution in [0.3, 0.4) is 0 Å². The van der Waals surface area contributed by atoms with Gasteiger partial charge in [-0.2, -0.15) is 0 Å². The number of hydrogen-bond donors (Lipinski definition) is 0. The molecule has 0 radical (unpaired) electrons. The number of carbonyl (C=O) groups is 4. The maximum absolute atomic E-state index is 15.1. The van der Waals surface area contributed by atoms with Crippen molar-refractivity contribution in [1.29, 1.82) is 0 Å². The van der Waals surface area contributed by atoms with Crippen LogP contribution >= 0.6 is 0 Å². The third kappa shape index (κ3) is 25.9. The summed E-state index contributed by atoms with van der Waals surface area (Å²) in [6.45, 7) is 14.1. The SMILES string of the molecule is C=C=C=C=C=C=C(C1CC(CCCCCCCCN2C(=O)C=CC2=O)CC(CCCCCC)C1CCCCCCCC)n1c(=O)c2cc3c(=O)n(CCCCCCCCC4CC(CCCCCC)C(CCCCCCCC)C(CCCCCCCCN5C(=O)C=CC5=O)C4)c(=O)c3cc2c1=O. The summed E-state index contributed by atoms with van der Waals surface area (Å²) >= 11 is 0. The molecule has 2 aliphatic heterocycles. The van der Waals surface area contributed by atoms with E-state index in [2.05, 4.69) is 62.9 Å². The van der Waals surface area contributed by atoms with E-state index in [4.69, 9.17) is 0 Å². The highest BCUT2D eigenvalue weighted by atomic mass is 16.2. The molecule has 3 aromatic rings. The summed E-state index contributed by atoms with van der Waals surface area (Å²) in [5.74, 6) is 3.32. The Morgan fingerprint density at radius 3 is 1.07 bits per heavy atom. The minimum Gasteiger partial charge on any atom is -0.275 e. The predicted octanol–water partition coefficient (Wildman–Crippen LogP) is 21.2. The number of unbranched alkanes of at least 4 members (excludes halogenated alkanes) is 31. The molecule has 4 amide bonds. The maximum Gasteiger partial charge on any atom is 0.266 e. The van der Waals surface area contributed by atoms with Crippen LogP contribution in [0.1, 0.15) is 342 Å². The molecule has 2 aromatic heterocycles. The Hall–Kier alpha value is -6.10. The smallest absolute Gasteiger partial charge is 0.266 e. The fraction of sp³-hybridized carbons (Fsp3) is 0.719. The van der Waals surface area contributed by atoms with E-state index in [0.29, 0.717) is 43.6 Å². The topological polar surface area (TPSA) is 153 Å². The number of nitrogens with zero attached hydrogens (tertiary/aromatic N) is 4. The van der Waals surface area contributed by atoms with Crippen molar-refractivity contribution in [2.75, 3.05) is 13.1 Å². The molecule has 101 heavy (non-hydrogen) atoms. The van der Waals surface area contributed by atoms with Gasteiger partial charge in [-0.05, 0) is 141 Å². The molecule has 4 heterocycles. The number of allylic oxidation sites excluding steroid dienone is 1. The first kappa shape index (κ1) is 82.2. The standard InChI is InChI=1S/C89H132N4O8/c1-6-11-16-21-32-42-53-74-71(50-39-18-13-8-3)63-69(64-72(74)51-41-31-25-28-35-46-61-91-84(96)58-59-85(91)97)48-37-29-24-27-36-47-62-92-86(98)77-67-79-80(68-78(77)87(92)99)89(101)93(88(79)100)81(55-44-20-15-10-5)76-66-70(49-38-30-23-26-34-45-60-90-82(94)56-57-83(90)95)65-73(52-40-19-14-9-4)75(76)54-43-33-22-17-12-7-2/h56-59,67-76H,5-9,11-14,16-19,21-43,45-54,60-66H2,1-4H3. The third-order valence-corrected chi connectivity index (χ3v) is 23.9. The maximum atomic E-state index is 15.1. The number of amides is 4. The zero-order valence-electron chi connectivity index (χ0n) is 63.6. The Morgan fingerprint density at radius 1 is 0.347 bits per heavy atom. The summed E-state index contributed by atoms with van der Waals surface area (Å²) in [6.07, 6.45) is 63.0. The molecule has 0 spiro atoms. The largest absolute Gasteiger partial charge is 0.275 e. The highest BCUT2D eigenvalue weighted by Crippen LogP contribution is 2.50. The number of imide groups is 2. The van der Waals surface area contributed by atoms with Crippen LogP contribution in [-0.2, 0) is 25.7 Å². The van der Waals surface area contributed by atoms with Gasteiger partial charge in [0.05, 0.1) is 27.2 Å². The molecule has 2 saturated carbocycles. The van der Waals surface area contributed by atoms with Crippen LogP contribution in [0.15, 0.2) is 90.8 Å². The number of carbonyl (C=O) groups excluding carboxylic acids is 4. The number of hydrogen-bond acceptors (Lipinski definition) is 8. The second-order valence-electron chi connectivity index (χ2n) is 31.5. The van der Waals surface area contributed by atoms with Crippen LogP contribution in [-0.4, -0.2) is 55.7 Å². The molecule has 2 fully saturated rings. The number of benzene rings is 1. The number of rotatable bonds is 53. The van der Waals surface area contributed by atoms with Crippen molar-refractivity contribution in [1.82, 2.24) is 18.9 Å². The molecule has 2 aliphatic carbocycles. The second kappa shape index (κ2) is 46.6. The van der Waals surface area contributed by atoms with E-state index in [9.17, 15) is 28.8 Å². The molecule has 4 aliphatic rings. The molecule has 12 heteroatoms. The van der Waals surface area contributed by atoms with Crippen LogP contribution in [0.25, 0.3) is 27.2 Å². The molecule has 0 N–H and O–H groups in total. The first-order chi connectivity index (χ1) is 49.3. The van der Waals surface area contributed by atoms with Gasteiger partial charge in [0, 0.05) is 49.9 Å². The van der Waals surface area contributed by atoms with E-state index in [1.165, 1.54) is 229 Å². The van der Waals surface area contributed by atoms with E-state index in [1.54, 1.807) is 0 Å². The lowest BCUT2D eigenvalue weighted by atomic mass is 9.62. The van der Waals surface area contributed by atoms with Gasteiger partial charge in [-0.1, -0.05) is 290 Å². The van der Waals surface area contributed by atoms with Crippen molar-refractivity contribution in [2.24, 2.45) is 47.3 Å². The zero-order chi connectivity index (χ0) is 72.0. The lowest BCUT2D eigenvalue weighted by Crippen LogP contribution is -2.38. The van der Waals surface area contributed by atoms with E-state index in [0.717, 1.165) is 159 Å². The summed E-state index contributed by atoms with van der Waals surface area (Å²) in [5.41, 5.74) is 13.3. The molecule has 8 unspecified atom stereocenters. The molecule has 556 valence electrons. The summed E-state index contributed by atoms with van der Waals surface area (Å²) < 4.78 is 2.64. The first-order valence-electron chi connectivity index (χ1n) is 41.7. The van der Waals surface area contributed by atoms with Crippen molar-refractivity contribution < 1.29 is 19.2 Å². The van der Waals surface area contributed by atoms with Gasteiger partial charge in [0.25, 0.3) is 45.9 Å². The van der Waals surface area contributed by atoms with Crippen LogP contribution < -0.4 is 22.2 Å². The second-order valence-corrected chi connectivity index (χ2v) is 31.5. The van der Waals surface area contributed by atoms with E-state index in [1.807, 2.05) is 0 Å². The monoisotopic (exact) mass is 1390 g/mol. The Balaban J connectivity index is 0.990. The van der Waals surface area contributed by atoms with Crippen LogP contribution in [0.2, 0.25) is 0 Å². The van der Waals surface area contributed by atoms with Gasteiger partial charge in [0.15, 0.2) is 0 Å². The Labute approximate surface area is 608 Å². The van der Waals surface area contributed by atoms with E-state index >= 15 is 9.59 Å². The minimum atomic E-state index is -0.491. The highest BCUT2D eigenvalue weighted by Gasteiger charge is 2.41. The Bertz CT molecular complexity index is 3430. The molecule has 0 saturated heterocycles. The first-order valence-corrected chi connectivity index (χ1v) is 41.7. The Kier molecular flexibility index (Phi) is 37.9. The summed E-state index contributed by atoms with van der Waals surface area (Å²) in [5, 5.41) is 0.685. The number of fused-ring (bicyclic) bond motifs is 2. The summed E-state index contributed by atoms with van der Waals surface area (Å²) in [4.78, 5) is 110. The molecule has 8 atom stereocenters. The van der Waals surface area contributed by atoms with Crippen molar-refractivity contribution in [3.63, 3.8) is 0 Å². The van der Waals surface area contributed by atoms with Crippen molar-refractivity contribution in [3.8, 4) is 0 Å². The number of aromatic nitrogens is 2. The molecule has 12 nitrogen and oxygen atoms in total. The minimum absolute atomic E-state index is 0.151. The van der Waals surface area contributed by atoms with Gasteiger partial charge in [-0.25, -0.2) is 4.57 Å². The normalized spacial score (nSPS) is 20.6. The van der Waals surface area contributed by atoms with Crippen molar-refractivity contribution in [2.45, 2.75) is 349 Å². The van der Waals surface area contributed by atoms with Gasteiger partial charge in [-0.15, -0.1) is 0 Å². The van der Waals surface area contributed by atoms with Crippen molar-refractivity contribution in [3.05, 3.63) is 113 Å². The summed E-state index contributed by atoms with van der Waals surface area (Å²) in [7, 11) is 0. The quantitative estimate of drug-likeness (QED) is 0.0308. The van der Waals surface area contributed by atoms with Gasteiger partial charge >= 0.3 is 0 Å². The predicted molar refractivity (Wildman–Crippen MR) is 416 cm³/mol. The highest BCUT2D eigenvalue weighted by molar-refractivity contribution is 6.13. The molecule has 1 aromatic carbocycles. The molecular formula is C89H132N4O8. The summed E-state index contributed by atoms with van der Waals surface area (Å²) in [6, 6.07) is 3.04. The molecule has 7 rings (SSSR count). The van der Waals surface area contributed by atoms with Gasteiger partial charge in [-0.3, -0.25) is 52.7 Å². The van der Waals surface area contributed by atoms with Crippen LogP contribution in [0.5, 0.6) is 0 Å².